The molecule has 0 unspecified atom stereocenters. The van der Waals surface area contributed by atoms with Crippen LogP contribution in [-0.2, 0) is 20.9 Å². The van der Waals surface area contributed by atoms with Crippen molar-refractivity contribution in [3.05, 3.63) is 58.0 Å². The fourth-order valence-electron chi connectivity index (χ4n) is 2.96. The van der Waals surface area contributed by atoms with Crippen molar-refractivity contribution in [2.24, 2.45) is 0 Å². The van der Waals surface area contributed by atoms with Crippen molar-refractivity contribution in [3.8, 4) is 0 Å². The van der Waals surface area contributed by atoms with E-state index in [-0.39, 0.29) is 18.4 Å². The molecule has 1 aliphatic rings. The number of carbonyl (C=O) groups excluding carboxylic acids is 2. The molecule has 1 aromatic heterocycles. The molecule has 27 heavy (non-hydrogen) atoms. The molecule has 0 radical (unpaired) electrons. The molecule has 8 heteroatoms. The normalized spacial score (nSPS) is 15.9. The van der Waals surface area contributed by atoms with Gasteiger partial charge in [0.25, 0.3) is 0 Å². The van der Waals surface area contributed by atoms with Crippen LogP contribution in [0.15, 0.2) is 41.8 Å². The fourth-order valence-corrected chi connectivity index (χ4v) is 3.61. The number of rotatable bonds is 6. The van der Waals surface area contributed by atoms with Crippen molar-refractivity contribution in [1.29, 1.82) is 0 Å². The first-order chi connectivity index (χ1) is 13.1. The molecule has 0 aliphatic carbocycles. The summed E-state index contributed by atoms with van der Waals surface area (Å²) in [6.07, 6.45) is 0. The molecule has 0 saturated carbocycles. The fraction of sp³-hybridized carbons (Fsp3) is 0.368. The van der Waals surface area contributed by atoms with Crippen molar-refractivity contribution in [1.82, 2.24) is 15.5 Å². The standard InChI is InChI=1S/C19H22FN3O3S/c20-15-5-3-14(4-6-15)17(23-7-9-26-10-8-23)13-22-19(25)18(24)21-12-16-2-1-11-27-16/h1-6,11,17H,7-10,12-13H2,(H,21,24)(H,22,25)/t17-/m1/s1. The highest BCUT2D eigenvalue weighted by Gasteiger charge is 2.24. The number of benzene rings is 1. The molecule has 0 spiro atoms. The molecule has 2 amide bonds. The van der Waals surface area contributed by atoms with E-state index in [1.807, 2.05) is 17.5 Å². The molecule has 3 rings (SSSR count). The zero-order valence-corrected chi connectivity index (χ0v) is 15.6. The maximum absolute atomic E-state index is 13.3. The van der Waals surface area contributed by atoms with Crippen LogP contribution in [-0.4, -0.2) is 49.6 Å². The first-order valence-corrected chi connectivity index (χ1v) is 9.67. The van der Waals surface area contributed by atoms with Crippen LogP contribution in [0, 0.1) is 5.82 Å². The Bertz CT molecular complexity index is 746. The summed E-state index contributed by atoms with van der Waals surface area (Å²) in [6, 6.07) is 9.85. The molecule has 2 aromatic rings. The van der Waals surface area contributed by atoms with E-state index in [9.17, 15) is 14.0 Å². The van der Waals surface area contributed by atoms with Crippen LogP contribution in [0.3, 0.4) is 0 Å². The van der Waals surface area contributed by atoms with Gasteiger partial charge < -0.3 is 15.4 Å². The molecule has 2 N–H and O–H groups in total. The lowest BCUT2D eigenvalue weighted by Gasteiger charge is -2.34. The number of morpholine rings is 1. The summed E-state index contributed by atoms with van der Waals surface area (Å²) in [5.74, 6) is -1.65. The number of thiophene rings is 1. The lowest BCUT2D eigenvalue weighted by atomic mass is 10.0. The predicted molar refractivity (Wildman–Crippen MR) is 101 cm³/mol. The topological polar surface area (TPSA) is 70.7 Å². The molecule has 1 fully saturated rings. The van der Waals surface area contributed by atoms with Gasteiger partial charge in [0.2, 0.25) is 0 Å². The van der Waals surface area contributed by atoms with E-state index in [0.717, 1.165) is 10.4 Å². The second-order valence-electron chi connectivity index (χ2n) is 6.19. The van der Waals surface area contributed by atoms with Gasteiger partial charge in [0.05, 0.1) is 25.8 Å². The van der Waals surface area contributed by atoms with Crippen LogP contribution in [0.5, 0.6) is 0 Å². The lowest BCUT2D eigenvalue weighted by molar-refractivity contribution is -0.139. The molecule has 1 atom stereocenters. The van der Waals surface area contributed by atoms with Gasteiger partial charge in [0.1, 0.15) is 5.82 Å². The number of nitrogens with zero attached hydrogens (tertiary/aromatic N) is 1. The summed E-state index contributed by atoms with van der Waals surface area (Å²) >= 11 is 1.52. The zero-order chi connectivity index (χ0) is 19.1. The highest BCUT2D eigenvalue weighted by molar-refractivity contribution is 7.09. The van der Waals surface area contributed by atoms with Crippen molar-refractivity contribution in [3.63, 3.8) is 0 Å². The average Bonchev–Trinajstić information content (AvgIpc) is 3.22. The summed E-state index contributed by atoms with van der Waals surface area (Å²) in [7, 11) is 0. The van der Waals surface area contributed by atoms with E-state index in [1.54, 1.807) is 12.1 Å². The Morgan fingerprint density at radius 2 is 1.81 bits per heavy atom. The van der Waals surface area contributed by atoms with Crippen LogP contribution in [0.2, 0.25) is 0 Å². The van der Waals surface area contributed by atoms with Gasteiger partial charge in [0, 0.05) is 24.5 Å². The van der Waals surface area contributed by atoms with Gasteiger partial charge in [-0.2, -0.15) is 0 Å². The minimum atomic E-state index is -0.674. The first kappa shape index (κ1) is 19.5. The van der Waals surface area contributed by atoms with Gasteiger partial charge in [-0.3, -0.25) is 14.5 Å². The summed E-state index contributed by atoms with van der Waals surface area (Å²) in [6.45, 7) is 3.22. The number of amides is 2. The number of nitrogens with one attached hydrogen (secondary N) is 2. The van der Waals surface area contributed by atoms with Gasteiger partial charge in [-0.05, 0) is 29.1 Å². The molecular formula is C19H22FN3O3S. The van der Waals surface area contributed by atoms with E-state index in [2.05, 4.69) is 15.5 Å². The Labute approximate surface area is 161 Å². The zero-order valence-electron chi connectivity index (χ0n) is 14.8. The number of carbonyl (C=O) groups is 2. The van der Waals surface area contributed by atoms with E-state index < -0.39 is 11.8 Å². The van der Waals surface area contributed by atoms with Crippen molar-refractivity contribution in [2.45, 2.75) is 12.6 Å². The molecule has 144 valence electrons. The molecular weight excluding hydrogens is 369 g/mol. The predicted octanol–water partition coefficient (Wildman–Crippen LogP) is 1.69. The molecule has 6 nitrogen and oxygen atoms in total. The Morgan fingerprint density at radius 1 is 1.11 bits per heavy atom. The van der Waals surface area contributed by atoms with Crippen LogP contribution in [0.25, 0.3) is 0 Å². The Morgan fingerprint density at radius 3 is 2.48 bits per heavy atom. The third-order valence-corrected chi connectivity index (χ3v) is 5.28. The monoisotopic (exact) mass is 391 g/mol. The Hall–Kier alpha value is -2.29. The number of hydrogen-bond donors (Lipinski definition) is 2. The second-order valence-corrected chi connectivity index (χ2v) is 7.22. The summed E-state index contributed by atoms with van der Waals surface area (Å²) in [4.78, 5) is 27.3. The molecule has 1 saturated heterocycles. The first-order valence-electron chi connectivity index (χ1n) is 8.79. The third-order valence-electron chi connectivity index (χ3n) is 4.41. The maximum Gasteiger partial charge on any atom is 0.309 e. The third kappa shape index (κ3) is 5.59. The molecule has 0 bridgehead atoms. The second kappa shape index (κ2) is 9.59. The maximum atomic E-state index is 13.3. The highest BCUT2D eigenvalue weighted by Crippen LogP contribution is 2.21. The smallest absolute Gasteiger partial charge is 0.309 e. The van der Waals surface area contributed by atoms with Crippen LogP contribution < -0.4 is 10.6 Å². The molecule has 1 aromatic carbocycles. The van der Waals surface area contributed by atoms with E-state index in [4.69, 9.17) is 4.74 Å². The minimum Gasteiger partial charge on any atom is -0.379 e. The SMILES string of the molecule is O=C(NCc1cccs1)C(=O)NC[C@H](c1ccc(F)cc1)N1CCOCC1. The quantitative estimate of drug-likeness (QED) is 0.736. The van der Waals surface area contributed by atoms with E-state index in [0.29, 0.717) is 32.8 Å². The van der Waals surface area contributed by atoms with E-state index in [1.165, 1.54) is 23.5 Å². The van der Waals surface area contributed by atoms with Gasteiger partial charge in [-0.15, -0.1) is 11.3 Å². The van der Waals surface area contributed by atoms with Crippen LogP contribution in [0.4, 0.5) is 4.39 Å². The van der Waals surface area contributed by atoms with Crippen LogP contribution in [0.1, 0.15) is 16.5 Å². The van der Waals surface area contributed by atoms with Gasteiger partial charge in [0.15, 0.2) is 0 Å². The largest absolute Gasteiger partial charge is 0.379 e. The summed E-state index contributed by atoms with van der Waals surface area (Å²) in [5.41, 5.74) is 0.887. The number of ether oxygens (including phenoxy) is 1. The summed E-state index contributed by atoms with van der Waals surface area (Å²) in [5, 5.41) is 7.22. The number of hydrogen-bond acceptors (Lipinski definition) is 5. The van der Waals surface area contributed by atoms with Gasteiger partial charge >= 0.3 is 11.8 Å². The lowest BCUT2D eigenvalue weighted by Crippen LogP contribution is -2.46. The highest BCUT2D eigenvalue weighted by atomic mass is 32.1. The van der Waals surface area contributed by atoms with E-state index >= 15 is 0 Å². The Kier molecular flexibility index (Phi) is 6.92. The Balaban J connectivity index is 1.58. The van der Waals surface area contributed by atoms with Crippen molar-refractivity contribution in [2.75, 3.05) is 32.8 Å². The minimum absolute atomic E-state index is 0.149. The van der Waals surface area contributed by atoms with Crippen molar-refractivity contribution >= 4 is 23.2 Å². The molecule has 1 aliphatic heterocycles. The number of halogens is 1. The summed E-state index contributed by atoms with van der Waals surface area (Å²) < 4.78 is 18.6. The van der Waals surface area contributed by atoms with Crippen LogP contribution >= 0.6 is 11.3 Å². The van der Waals surface area contributed by atoms with Gasteiger partial charge in [-0.1, -0.05) is 18.2 Å². The average molecular weight is 391 g/mol. The molecule has 2 heterocycles. The van der Waals surface area contributed by atoms with Crippen molar-refractivity contribution < 1.29 is 18.7 Å². The van der Waals surface area contributed by atoms with Gasteiger partial charge in [-0.25, -0.2) is 4.39 Å².